The second kappa shape index (κ2) is 7.13. The number of nitrogens with one attached hydrogen (secondary N) is 1. The normalized spacial score (nSPS) is 16.0. The minimum atomic E-state index is -1.64. The van der Waals surface area contributed by atoms with Gasteiger partial charge in [0.05, 0.1) is 17.8 Å². The third kappa shape index (κ3) is 3.46. The first-order valence-electron chi connectivity index (χ1n) is 8.33. The minimum Gasteiger partial charge on any atom is -0.269 e. The number of aryl methyl sites for hydroxylation is 1. The summed E-state index contributed by atoms with van der Waals surface area (Å²) in [6.07, 6.45) is 3.37. The van der Waals surface area contributed by atoms with Crippen molar-refractivity contribution in [3.63, 3.8) is 0 Å². The molecule has 1 aromatic heterocycles. The number of anilines is 1. The van der Waals surface area contributed by atoms with E-state index in [9.17, 15) is 9.00 Å². The molecule has 1 N–H and O–H groups in total. The van der Waals surface area contributed by atoms with Gasteiger partial charge in [-0.25, -0.2) is 4.21 Å². The van der Waals surface area contributed by atoms with E-state index in [0.29, 0.717) is 22.8 Å². The Balaban J connectivity index is 1.76. The van der Waals surface area contributed by atoms with E-state index in [4.69, 9.17) is 11.6 Å². The van der Waals surface area contributed by atoms with Crippen LogP contribution in [0, 0.1) is 6.92 Å². The lowest BCUT2D eigenvalue weighted by molar-refractivity contribution is 0.0981. The molecule has 1 aliphatic heterocycles. The first kappa shape index (κ1) is 17.7. The van der Waals surface area contributed by atoms with Crippen LogP contribution in [0.5, 0.6) is 0 Å². The molecule has 0 fully saturated rings. The van der Waals surface area contributed by atoms with Crippen LogP contribution >= 0.6 is 11.6 Å². The third-order valence-corrected chi connectivity index (χ3v) is 5.80. The number of halogens is 1. The fourth-order valence-corrected chi connectivity index (χ4v) is 4.36. The first-order chi connectivity index (χ1) is 13.0. The predicted molar refractivity (Wildman–Crippen MR) is 108 cm³/mol. The summed E-state index contributed by atoms with van der Waals surface area (Å²) in [6.45, 7) is 2.37. The molecular weight excluding hydrogens is 382 g/mol. The van der Waals surface area contributed by atoms with Crippen molar-refractivity contribution in [2.75, 3.05) is 4.31 Å². The standard InChI is InChI=1S/C20H16ClN3O2S/c1-13-2-4-16(18(21)10-13)15-3-5-19-17(11-15)20(25)23-27(26)24(19)12-14-6-8-22-9-7-14/h2-11H,12H2,1H3,(H,23,25). The van der Waals surface area contributed by atoms with Gasteiger partial charge in [0.25, 0.3) is 5.91 Å². The maximum Gasteiger partial charge on any atom is 0.266 e. The number of fused-ring (bicyclic) bond motifs is 1. The quantitative estimate of drug-likeness (QED) is 0.725. The Labute approximate surface area is 164 Å². The molecule has 7 heteroatoms. The third-order valence-electron chi connectivity index (χ3n) is 4.40. The van der Waals surface area contributed by atoms with E-state index in [2.05, 4.69) is 9.71 Å². The van der Waals surface area contributed by atoms with Gasteiger partial charge in [0.2, 0.25) is 11.2 Å². The number of carbonyl (C=O) groups excluding carboxylic acids is 1. The molecule has 5 nitrogen and oxygen atoms in total. The smallest absolute Gasteiger partial charge is 0.266 e. The fourth-order valence-electron chi connectivity index (χ4n) is 3.03. The summed E-state index contributed by atoms with van der Waals surface area (Å²) < 4.78 is 16.7. The molecule has 1 atom stereocenters. The highest BCUT2D eigenvalue weighted by atomic mass is 35.5. The summed E-state index contributed by atoms with van der Waals surface area (Å²) in [5.41, 5.74) is 4.80. The first-order valence-corrected chi connectivity index (χ1v) is 9.81. The lowest BCUT2D eigenvalue weighted by Gasteiger charge is -2.29. The largest absolute Gasteiger partial charge is 0.269 e. The lowest BCUT2D eigenvalue weighted by atomic mass is 10.00. The van der Waals surface area contributed by atoms with Gasteiger partial charge in [-0.3, -0.25) is 18.8 Å². The van der Waals surface area contributed by atoms with E-state index in [1.807, 2.05) is 49.4 Å². The van der Waals surface area contributed by atoms with Gasteiger partial charge in [0.15, 0.2) is 0 Å². The van der Waals surface area contributed by atoms with Crippen LogP contribution in [-0.2, 0) is 17.7 Å². The topological polar surface area (TPSA) is 62.3 Å². The van der Waals surface area contributed by atoms with Gasteiger partial charge in [0, 0.05) is 23.0 Å². The van der Waals surface area contributed by atoms with Crippen molar-refractivity contribution in [3.8, 4) is 11.1 Å². The van der Waals surface area contributed by atoms with Crippen LogP contribution in [-0.4, -0.2) is 15.1 Å². The maximum absolute atomic E-state index is 12.5. The maximum atomic E-state index is 12.5. The Morgan fingerprint density at radius 2 is 1.85 bits per heavy atom. The molecule has 2 aromatic carbocycles. The van der Waals surface area contributed by atoms with Gasteiger partial charge in [0.1, 0.15) is 0 Å². The van der Waals surface area contributed by atoms with Gasteiger partial charge >= 0.3 is 0 Å². The van der Waals surface area contributed by atoms with Crippen LogP contribution in [0.3, 0.4) is 0 Å². The monoisotopic (exact) mass is 397 g/mol. The van der Waals surface area contributed by atoms with Crippen LogP contribution < -0.4 is 9.03 Å². The summed E-state index contributed by atoms with van der Waals surface area (Å²) in [6, 6.07) is 15.0. The molecular formula is C20H16ClN3O2S. The molecule has 0 aliphatic carbocycles. The van der Waals surface area contributed by atoms with Crippen LogP contribution in [0.4, 0.5) is 5.69 Å². The van der Waals surface area contributed by atoms with E-state index in [1.54, 1.807) is 22.8 Å². The van der Waals surface area contributed by atoms with E-state index in [-0.39, 0.29) is 5.91 Å². The predicted octanol–water partition coefficient (Wildman–Crippen LogP) is 4.04. The van der Waals surface area contributed by atoms with Crippen molar-refractivity contribution in [1.29, 1.82) is 0 Å². The van der Waals surface area contributed by atoms with Crippen molar-refractivity contribution in [1.82, 2.24) is 9.71 Å². The Morgan fingerprint density at radius 3 is 2.59 bits per heavy atom. The van der Waals surface area contributed by atoms with Gasteiger partial charge in [-0.1, -0.05) is 29.8 Å². The van der Waals surface area contributed by atoms with Gasteiger partial charge in [-0.2, -0.15) is 0 Å². The second-order valence-electron chi connectivity index (χ2n) is 6.29. The van der Waals surface area contributed by atoms with Crippen molar-refractivity contribution in [2.45, 2.75) is 13.5 Å². The number of aromatic nitrogens is 1. The van der Waals surface area contributed by atoms with Crippen LogP contribution in [0.1, 0.15) is 21.5 Å². The Bertz CT molecular complexity index is 1060. The highest BCUT2D eigenvalue weighted by molar-refractivity contribution is 7.85. The van der Waals surface area contributed by atoms with Crippen LogP contribution in [0.25, 0.3) is 11.1 Å². The lowest BCUT2D eigenvalue weighted by Crippen LogP contribution is -2.43. The van der Waals surface area contributed by atoms with E-state index in [0.717, 1.165) is 22.3 Å². The Kier molecular flexibility index (Phi) is 4.68. The number of benzene rings is 2. The molecule has 0 bridgehead atoms. The van der Waals surface area contributed by atoms with Crippen LogP contribution in [0.2, 0.25) is 5.02 Å². The molecule has 3 aromatic rings. The van der Waals surface area contributed by atoms with Crippen LogP contribution in [0.15, 0.2) is 60.9 Å². The summed E-state index contributed by atoms with van der Waals surface area (Å²) in [5, 5.41) is 0.628. The Hall–Kier alpha value is -2.70. The van der Waals surface area contributed by atoms with E-state index in [1.165, 1.54) is 0 Å². The number of nitrogens with zero attached hydrogens (tertiary/aromatic N) is 2. The fraction of sp³-hybridized carbons (Fsp3) is 0.100. The summed E-state index contributed by atoms with van der Waals surface area (Å²) in [7, 11) is 0. The Morgan fingerprint density at radius 1 is 1.07 bits per heavy atom. The SMILES string of the molecule is Cc1ccc(-c2ccc3c(c2)C(=O)NS(=O)N3Cc2ccncc2)c(Cl)c1. The number of hydrogen-bond donors (Lipinski definition) is 1. The minimum absolute atomic E-state index is 0.362. The number of carbonyl (C=O) groups is 1. The molecule has 0 saturated carbocycles. The zero-order valence-corrected chi connectivity index (χ0v) is 16.1. The van der Waals surface area contributed by atoms with E-state index < -0.39 is 11.2 Å². The van der Waals surface area contributed by atoms with Gasteiger partial charge < -0.3 is 0 Å². The summed E-state index contributed by atoms with van der Waals surface area (Å²) in [4.78, 5) is 16.4. The van der Waals surface area contributed by atoms with Gasteiger partial charge in [-0.05, 0) is 53.9 Å². The second-order valence-corrected chi connectivity index (χ2v) is 7.84. The van der Waals surface area contributed by atoms with Gasteiger partial charge in [-0.15, -0.1) is 0 Å². The number of rotatable bonds is 3. The van der Waals surface area contributed by atoms with E-state index >= 15 is 0 Å². The molecule has 4 rings (SSSR count). The molecule has 0 spiro atoms. The number of amides is 1. The number of pyridine rings is 1. The molecule has 1 amide bonds. The zero-order chi connectivity index (χ0) is 19.0. The van der Waals surface area contributed by atoms with Crippen molar-refractivity contribution in [2.24, 2.45) is 0 Å². The summed E-state index contributed by atoms with van der Waals surface area (Å²) >= 11 is 4.74. The molecule has 2 heterocycles. The molecule has 0 saturated heterocycles. The number of hydrogen-bond acceptors (Lipinski definition) is 3. The van der Waals surface area contributed by atoms with Crippen molar-refractivity contribution in [3.05, 3.63) is 82.6 Å². The molecule has 136 valence electrons. The molecule has 1 aliphatic rings. The average Bonchev–Trinajstić information content (AvgIpc) is 2.66. The molecule has 1 unspecified atom stereocenters. The zero-order valence-electron chi connectivity index (χ0n) is 14.5. The average molecular weight is 398 g/mol. The van der Waals surface area contributed by atoms with Crippen molar-refractivity contribution >= 4 is 34.4 Å². The van der Waals surface area contributed by atoms with Crippen molar-refractivity contribution < 1.29 is 9.00 Å². The summed E-state index contributed by atoms with van der Waals surface area (Å²) in [5.74, 6) is -0.362. The molecule has 27 heavy (non-hydrogen) atoms. The highest BCUT2D eigenvalue weighted by Gasteiger charge is 2.29. The molecule has 0 radical (unpaired) electrons. The highest BCUT2D eigenvalue weighted by Crippen LogP contribution is 2.34.